The number of benzene rings is 2. The number of methoxy groups -OCH3 is 1. The van der Waals surface area contributed by atoms with Gasteiger partial charge in [-0.1, -0.05) is 17.7 Å². The van der Waals surface area contributed by atoms with E-state index in [1.165, 1.54) is 13.3 Å². The summed E-state index contributed by atoms with van der Waals surface area (Å²) < 4.78 is 10.5. The number of phenols is 1. The molecule has 6 nitrogen and oxygen atoms in total. The number of nitrogens with one attached hydrogen (secondary N) is 1. The molecule has 2 aromatic rings. The average Bonchev–Trinajstić information content (AvgIpc) is 2.58. The van der Waals surface area contributed by atoms with Gasteiger partial charge in [-0.25, -0.2) is 5.43 Å². The van der Waals surface area contributed by atoms with Crippen molar-refractivity contribution in [1.29, 1.82) is 0 Å². The normalized spacial score (nSPS) is 12.0. The van der Waals surface area contributed by atoms with Gasteiger partial charge >= 0.3 is 0 Å². The quantitative estimate of drug-likeness (QED) is 0.621. The number of aromatic hydroxyl groups is 1. The lowest BCUT2D eigenvalue weighted by Crippen LogP contribution is -2.33. The Labute approximate surface area is 144 Å². The monoisotopic (exact) mass is 348 g/mol. The molecule has 0 heterocycles. The predicted molar refractivity (Wildman–Crippen MR) is 91.9 cm³/mol. The maximum Gasteiger partial charge on any atom is 0.280 e. The Morgan fingerprint density at radius 2 is 2.00 bits per heavy atom. The number of halogens is 1. The van der Waals surface area contributed by atoms with E-state index in [0.29, 0.717) is 22.1 Å². The second-order valence-corrected chi connectivity index (χ2v) is 5.28. The molecule has 0 aliphatic rings. The van der Waals surface area contributed by atoms with Gasteiger partial charge in [0, 0.05) is 10.6 Å². The average molecular weight is 349 g/mol. The zero-order chi connectivity index (χ0) is 17.5. The van der Waals surface area contributed by atoms with E-state index in [4.69, 9.17) is 21.1 Å². The molecule has 7 heteroatoms. The zero-order valence-electron chi connectivity index (χ0n) is 13.2. The number of hydrazone groups is 1. The molecule has 1 amide bonds. The lowest BCUT2D eigenvalue weighted by atomic mass is 10.2. The highest BCUT2D eigenvalue weighted by Gasteiger charge is 2.14. The maximum atomic E-state index is 11.9. The third-order valence-electron chi connectivity index (χ3n) is 3.12. The molecule has 24 heavy (non-hydrogen) atoms. The van der Waals surface area contributed by atoms with Gasteiger partial charge in [0.15, 0.2) is 17.6 Å². The molecule has 0 unspecified atom stereocenters. The van der Waals surface area contributed by atoms with Crippen LogP contribution in [0.25, 0.3) is 0 Å². The Balaban J connectivity index is 1.93. The van der Waals surface area contributed by atoms with Crippen molar-refractivity contribution in [3.05, 3.63) is 53.1 Å². The maximum absolute atomic E-state index is 11.9. The summed E-state index contributed by atoms with van der Waals surface area (Å²) in [6, 6.07) is 11.6. The number of para-hydroxylation sites is 1. The third-order valence-corrected chi connectivity index (χ3v) is 3.38. The lowest BCUT2D eigenvalue weighted by Gasteiger charge is -2.12. The minimum atomic E-state index is -0.748. The topological polar surface area (TPSA) is 80.2 Å². The van der Waals surface area contributed by atoms with Crippen molar-refractivity contribution in [3.63, 3.8) is 0 Å². The van der Waals surface area contributed by atoms with Gasteiger partial charge in [0.25, 0.3) is 5.91 Å². The van der Waals surface area contributed by atoms with Crippen LogP contribution in [0.3, 0.4) is 0 Å². The van der Waals surface area contributed by atoms with Crippen molar-refractivity contribution < 1.29 is 19.4 Å². The molecule has 0 aliphatic heterocycles. The highest BCUT2D eigenvalue weighted by molar-refractivity contribution is 6.30. The van der Waals surface area contributed by atoms with Crippen molar-refractivity contribution >= 4 is 23.7 Å². The number of amides is 1. The SMILES string of the molecule is COc1cccc(/C=N\NC(=O)[C@@H](C)Oc2ccc(Cl)cc2)c1O. The van der Waals surface area contributed by atoms with Gasteiger partial charge < -0.3 is 14.6 Å². The van der Waals surface area contributed by atoms with E-state index in [0.717, 1.165) is 0 Å². The van der Waals surface area contributed by atoms with E-state index in [2.05, 4.69) is 10.5 Å². The smallest absolute Gasteiger partial charge is 0.280 e. The number of hydrogen-bond acceptors (Lipinski definition) is 5. The second-order valence-electron chi connectivity index (χ2n) is 4.85. The summed E-state index contributed by atoms with van der Waals surface area (Å²) in [5.41, 5.74) is 2.77. The van der Waals surface area contributed by atoms with Gasteiger partial charge in [0.1, 0.15) is 5.75 Å². The molecule has 0 saturated heterocycles. The first kappa shape index (κ1) is 17.6. The van der Waals surface area contributed by atoms with Crippen molar-refractivity contribution in [1.82, 2.24) is 5.43 Å². The molecule has 0 aliphatic carbocycles. The van der Waals surface area contributed by atoms with E-state index < -0.39 is 12.0 Å². The van der Waals surface area contributed by atoms with Gasteiger partial charge in [0.2, 0.25) is 0 Å². The van der Waals surface area contributed by atoms with E-state index in [1.807, 2.05) is 0 Å². The van der Waals surface area contributed by atoms with E-state index in [9.17, 15) is 9.90 Å². The van der Waals surface area contributed by atoms with E-state index in [-0.39, 0.29) is 5.75 Å². The fraction of sp³-hybridized carbons (Fsp3) is 0.176. The Bertz CT molecular complexity index is 732. The van der Waals surface area contributed by atoms with Crippen LogP contribution in [0.4, 0.5) is 0 Å². The largest absolute Gasteiger partial charge is 0.504 e. The number of phenolic OH excluding ortho intramolecular Hbond substituents is 1. The zero-order valence-corrected chi connectivity index (χ0v) is 13.9. The molecule has 2 N–H and O–H groups in total. The van der Waals surface area contributed by atoms with Gasteiger partial charge in [-0.2, -0.15) is 5.10 Å². The van der Waals surface area contributed by atoms with Crippen LogP contribution in [0, 0.1) is 0 Å². The van der Waals surface area contributed by atoms with E-state index >= 15 is 0 Å². The Hall–Kier alpha value is -2.73. The van der Waals surface area contributed by atoms with Crippen molar-refractivity contribution in [2.24, 2.45) is 5.10 Å². The number of ether oxygens (including phenoxy) is 2. The number of hydrogen-bond donors (Lipinski definition) is 2. The van der Waals surface area contributed by atoms with Crippen LogP contribution < -0.4 is 14.9 Å². The van der Waals surface area contributed by atoms with Crippen LogP contribution in [0.1, 0.15) is 12.5 Å². The first-order chi connectivity index (χ1) is 11.5. The van der Waals surface area contributed by atoms with Crippen LogP contribution in [0.2, 0.25) is 5.02 Å². The molecule has 0 radical (unpaired) electrons. The summed E-state index contributed by atoms with van der Waals surface area (Å²) in [6.07, 6.45) is 0.576. The van der Waals surface area contributed by atoms with Crippen LogP contribution >= 0.6 is 11.6 Å². The molecule has 0 aromatic heterocycles. The summed E-state index contributed by atoms with van der Waals surface area (Å²) >= 11 is 5.79. The molecular formula is C17H17ClN2O4. The van der Waals surface area contributed by atoms with Gasteiger partial charge in [0.05, 0.1) is 13.3 Å². The van der Waals surface area contributed by atoms with Gasteiger partial charge in [-0.15, -0.1) is 0 Å². The molecule has 2 rings (SSSR count). The minimum absolute atomic E-state index is 0.0524. The third kappa shape index (κ3) is 4.63. The number of carbonyl (C=O) groups excluding carboxylic acids is 1. The summed E-state index contributed by atoms with van der Waals surface area (Å²) in [4.78, 5) is 11.9. The van der Waals surface area contributed by atoms with Gasteiger partial charge in [-0.3, -0.25) is 4.79 Å². The Morgan fingerprint density at radius 1 is 1.29 bits per heavy atom. The summed E-state index contributed by atoms with van der Waals surface area (Å²) in [5.74, 6) is 0.369. The number of nitrogens with zero attached hydrogens (tertiary/aromatic N) is 1. The van der Waals surface area contributed by atoms with Crippen LogP contribution in [-0.2, 0) is 4.79 Å². The summed E-state index contributed by atoms with van der Waals surface area (Å²) in [7, 11) is 1.45. The molecule has 0 fully saturated rings. The summed E-state index contributed by atoms with van der Waals surface area (Å²) in [5, 5.41) is 14.3. The summed E-state index contributed by atoms with van der Waals surface area (Å²) in [6.45, 7) is 1.60. The van der Waals surface area contributed by atoms with Crippen molar-refractivity contribution in [2.75, 3.05) is 7.11 Å². The van der Waals surface area contributed by atoms with Crippen molar-refractivity contribution in [2.45, 2.75) is 13.0 Å². The van der Waals surface area contributed by atoms with Crippen LogP contribution in [0.5, 0.6) is 17.2 Å². The molecule has 0 bridgehead atoms. The van der Waals surface area contributed by atoms with E-state index in [1.54, 1.807) is 49.4 Å². The first-order valence-electron chi connectivity index (χ1n) is 7.12. The molecule has 2 aromatic carbocycles. The fourth-order valence-corrected chi connectivity index (χ4v) is 1.96. The molecule has 1 atom stereocenters. The first-order valence-corrected chi connectivity index (χ1v) is 7.50. The Morgan fingerprint density at radius 3 is 2.67 bits per heavy atom. The highest BCUT2D eigenvalue weighted by atomic mass is 35.5. The second kappa shape index (κ2) is 8.21. The predicted octanol–water partition coefficient (Wildman–Crippen LogP) is 2.97. The molecule has 126 valence electrons. The molecular weight excluding hydrogens is 332 g/mol. The highest BCUT2D eigenvalue weighted by Crippen LogP contribution is 2.27. The van der Waals surface area contributed by atoms with Crippen LogP contribution in [-0.4, -0.2) is 30.4 Å². The number of rotatable bonds is 6. The minimum Gasteiger partial charge on any atom is -0.504 e. The lowest BCUT2D eigenvalue weighted by molar-refractivity contribution is -0.127. The molecule has 0 spiro atoms. The fourth-order valence-electron chi connectivity index (χ4n) is 1.84. The number of carbonyl (C=O) groups is 1. The standard InChI is InChI=1S/C17H17ClN2O4/c1-11(24-14-8-6-13(18)7-9-14)17(22)20-19-10-12-4-3-5-15(23-2)16(12)21/h3-11,21H,1-2H3,(H,20,22)/b19-10-/t11-/m1/s1. The van der Waals surface area contributed by atoms with Crippen LogP contribution in [0.15, 0.2) is 47.6 Å². The Kier molecular flexibility index (Phi) is 6.03. The van der Waals surface area contributed by atoms with Gasteiger partial charge in [-0.05, 0) is 43.3 Å². The molecule has 0 saturated carbocycles. The van der Waals surface area contributed by atoms with Crippen molar-refractivity contribution in [3.8, 4) is 17.2 Å².